The fraction of sp³-hybridized carbons (Fsp3) is 0.421. The van der Waals surface area contributed by atoms with Crippen molar-refractivity contribution in [2.24, 2.45) is 0 Å². The Balaban J connectivity index is 1.41. The number of hydrogen-bond donors (Lipinski definition) is 0. The predicted molar refractivity (Wildman–Crippen MR) is 106 cm³/mol. The molecule has 0 atom stereocenters. The van der Waals surface area contributed by atoms with E-state index in [1.165, 1.54) is 0 Å². The number of amides is 2. The molecule has 2 aromatic rings. The average Bonchev–Trinajstić information content (AvgIpc) is 3.11. The first kappa shape index (κ1) is 17.5. The molecule has 0 N–H and O–H groups in total. The number of benzene rings is 1. The second-order valence-corrected chi connectivity index (χ2v) is 8.03. The molecule has 1 aromatic carbocycles. The topological polar surface area (TPSA) is 58.4 Å². The van der Waals surface area contributed by atoms with Crippen LogP contribution in [-0.2, 0) is 13.0 Å². The fourth-order valence-electron chi connectivity index (χ4n) is 3.69. The maximum absolute atomic E-state index is 12.9. The van der Waals surface area contributed by atoms with Gasteiger partial charge < -0.3 is 9.80 Å². The van der Waals surface area contributed by atoms with E-state index in [1.54, 1.807) is 6.20 Å². The van der Waals surface area contributed by atoms with Crippen LogP contribution in [0.5, 0.6) is 0 Å². The van der Waals surface area contributed by atoms with Gasteiger partial charge in [-0.15, -0.1) is 0 Å². The van der Waals surface area contributed by atoms with E-state index in [2.05, 4.69) is 27.7 Å². The summed E-state index contributed by atoms with van der Waals surface area (Å²) in [6.07, 6.45) is 4.88. The molecule has 3 heterocycles. The molecule has 26 heavy (non-hydrogen) atoms. The van der Waals surface area contributed by atoms with Crippen LogP contribution in [0, 0.1) is 3.57 Å². The summed E-state index contributed by atoms with van der Waals surface area (Å²) in [5.41, 5.74) is 2.52. The summed E-state index contributed by atoms with van der Waals surface area (Å²) >= 11 is 2.21. The van der Waals surface area contributed by atoms with Gasteiger partial charge in [0.2, 0.25) is 0 Å². The molecule has 7 heteroatoms. The van der Waals surface area contributed by atoms with Crippen LogP contribution in [0.25, 0.3) is 0 Å². The number of carbonyl (C=O) groups is 2. The lowest BCUT2D eigenvalue weighted by molar-refractivity contribution is 0.0534. The van der Waals surface area contributed by atoms with Crippen molar-refractivity contribution in [2.45, 2.75) is 25.8 Å². The van der Waals surface area contributed by atoms with Crippen molar-refractivity contribution in [3.63, 3.8) is 0 Å². The lowest BCUT2D eigenvalue weighted by Crippen LogP contribution is -2.50. The predicted octanol–water partition coefficient (Wildman–Crippen LogP) is 2.42. The Morgan fingerprint density at radius 1 is 0.962 bits per heavy atom. The molecule has 0 bridgehead atoms. The van der Waals surface area contributed by atoms with Gasteiger partial charge >= 0.3 is 0 Å². The van der Waals surface area contributed by atoms with E-state index in [9.17, 15) is 9.59 Å². The van der Waals surface area contributed by atoms with Crippen LogP contribution in [0.15, 0.2) is 30.5 Å². The second-order valence-electron chi connectivity index (χ2n) is 6.78. The third-order valence-corrected chi connectivity index (χ3v) is 5.81. The van der Waals surface area contributed by atoms with E-state index in [-0.39, 0.29) is 11.8 Å². The number of fused-ring (bicyclic) bond motifs is 1. The molecule has 0 saturated carbocycles. The number of aryl methyl sites for hydroxylation is 1. The molecule has 136 valence electrons. The van der Waals surface area contributed by atoms with E-state index >= 15 is 0 Å². The van der Waals surface area contributed by atoms with E-state index in [4.69, 9.17) is 0 Å². The summed E-state index contributed by atoms with van der Waals surface area (Å²) < 4.78 is 3.02. The van der Waals surface area contributed by atoms with Crippen molar-refractivity contribution in [3.05, 3.63) is 50.9 Å². The summed E-state index contributed by atoms with van der Waals surface area (Å²) in [5, 5.41) is 4.37. The number of halogens is 1. The highest BCUT2D eigenvalue weighted by molar-refractivity contribution is 14.1. The zero-order valence-corrected chi connectivity index (χ0v) is 16.7. The van der Waals surface area contributed by atoms with Gasteiger partial charge in [0.05, 0.1) is 17.5 Å². The molecule has 2 aliphatic rings. The Labute approximate surface area is 166 Å². The molecule has 2 amide bonds. The first-order valence-electron chi connectivity index (χ1n) is 9.02. The summed E-state index contributed by atoms with van der Waals surface area (Å²) in [4.78, 5) is 29.2. The highest BCUT2D eigenvalue weighted by Gasteiger charge is 2.28. The quantitative estimate of drug-likeness (QED) is 0.642. The second kappa shape index (κ2) is 7.38. The van der Waals surface area contributed by atoms with Gasteiger partial charge in [-0.2, -0.15) is 5.10 Å². The molecule has 6 nitrogen and oxygen atoms in total. The van der Waals surface area contributed by atoms with Crippen molar-refractivity contribution in [2.75, 3.05) is 26.2 Å². The number of aromatic nitrogens is 2. The molecular weight excluding hydrogens is 443 g/mol. The highest BCUT2D eigenvalue weighted by Crippen LogP contribution is 2.20. The molecule has 1 saturated heterocycles. The van der Waals surface area contributed by atoms with Gasteiger partial charge in [0.15, 0.2) is 0 Å². The van der Waals surface area contributed by atoms with E-state index < -0.39 is 0 Å². The number of hydrogen-bond acceptors (Lipinski definition) is 3. The molecule has 2 aliphatic heterocycles. The van der Waals surface area contributed by atoms with Crippen LogP contribution < -0.4 is 0 Å². The zero-order chi connectivity index (χ0) is 18.1. The highest BCUT2D eigenvalue weighted by atomic mass is 127. The van der Waals surface area contributed by atoms with E-state index in [0.717, 1.165) is 40.6 Å². The SMILES string of the molecule is O=C(c1cccc(I)c1)N1CCN(C(=O)c2cnn3c2CCCC3)CC1. The van der Waals surface area contributed by atoms with Gasteiger partial charge in [-0.25, -0.2) is 0 Å². The molecule has 0 radical (unpaired) electrons. The Hall–Kier alpha value is -1.90. The van der Waals surface area contributed by atoms with Crippen LogP contribution in [-0.4, -0.2) is 57.6 Å². The molecule has 4 rings (SSSR count). The monoisotopic (exact) mass is 464 g/mol. The zero-order valence-electron chi connectivity index (χ0n) is 14.5. The maximum atomic E-state index is 12.9. The minimum Gasteiger partial charge on any atom is -0.335 e. The minimum absolute atomic E-state index is 0.0403. The summed E-state index contributed by atoms with van der Waals surface area (Å²) in [5.74, 6) is 0.0908. The third kappa shape index (κ3) is 3.36. The average molecular weight is 464 g/mol. The summed E-state index contributed by atoms with van der Waals surface area (Å²) in [6, 6.07) is 7.62. The van der Waals surface area contributed by atoms with Gasteiger partial charge in [-0.3, -0.25) is 14.3 Å². The molecule has 0 unspecified atom stereocenters. The smallest absolute Gasteiger partial charge is 0.257 e. The van der Waals surface area contributed by atoms with Gasteiger partial charge in [0.1, 0.15) is 0 Å². The number of piperazine rings is 1. The van der Waals surface area contributed by atoms with Crippen molar-refractivity contribution < 1.29 is 9.59 Å². The molecule has 1 aromatic heterocycles. The van der Waals surface area contributed by atoms with Crippen molar-refractivity contribution >= 4 is 34.4 Å². The maximum Gasteiger partial charge on any atom is 0.257 e. The minimum atomic E-state index is 0.0403. The number of nitrogens with zero attached hydrogens (tertiary/aromatic N) is 4. The Morgan fingerprint density at radius 3 is 2.42 bits per heavy atom. The number of rotatable bonds is 2. The van der Waals surface area contributed by atoms with Crippen molar-refractivity contribution in [1.29, 1.82) is 0 Å². The van der Waals surface area contributed by atoms with Crippen LogP contribution in [0.3, 0.4) is 0 Å². The van der Waals surface area contributed by atoms with Crippen LogP contribution >= 0.6 is 22.6 Å². The third-order valence-electron chi connectivity index (χ3n) is 5.14. The lowest BCUT2D eigenvalue weighted by atomic mass is 10.1. The first-order chi connectivity index (χ1) is 12.6. The molecule has 0 aliphatic carbocycles. The largest absolute Gasteiger partial charge is 0.335 e. The van der Waals surface area contributed by atoms with E-state index in [1.807, 2.05) is 38.7 Å². The van der Waals surface area contributed by atoms with Gasteiger partial charge in [0, 0.05) is 41.9 Å². The van der Waals surface area contributed by atoms with Gasteiger partial charge in [0.25, 0.3) is 11.8 Å². The van der Waals surface area contributed by atoms with Crippen LogP contribution in [0.4, 0.5) is 0 Å². The standard InChI is InChI=1S/C19H21IN4O2/c20-15-5-3-4-14(12-15)18(25)22-8-10-23(11-9-22)19(26)16-13-21-24-7-2-1-6-17(16)24/h3-5,12-13H,1-2,6-11H2. The van der Waals surface area contributed by atoms with Gasteiger partial charge in [-0.1, -0.05) is 6.07 Å². The Kier molecular flexibility index (Phi) is 4.97. The Bertz CT molecular complexity index is 840. The molecule has 0 spiro atoms. The van der Waals surface area contributed by atoms with Gasteiger partial charge in [-0.05, 0) is 60.1 Å². The van der Waals surface area contributed by atoms with Crippen molar-refractivity contribution in [1.82, 2.24) is 19.6 Å². The van der Waals surface area contributed by atoms with Crippen LogP contribution in [0.1, 0.15) is 39.3 Å². The van der Waals surface area contributed by atoms with Crippen LogP contribution in [0.2, 0.25) is 0 Å². The first-order valence-corrected chi connectivity index (χ1v) is 10.1. The molecular formula is C19H21IN4O2. The summed E-state index contributed by atoms with van der Waals surface area (Å²) in [6.45, 7) is 3.18. The summed E-state index contributed by atoms with van der Waals surface area (Å²) in [7, 11) is 0. The van der Waals surface area contributed by atoms with Crippen molar-refractivity contribution in [3.8, 4) is 0 Å². The fourth-order valence-corrected chi connectivity index (χ4v) is 4.23. The normalized spacial score (nSPS) is 17.1. The number of carbonyl (C=O) groups excluding carboxylic acids is 2. The lowest BCUT2D eigenvalue weighted by Gasteiger charge is -2.35. The van der Waals surface area contributed by atoms with E-state index in [0.29, 0.717) is 31.7 Å². The molecule has 1 fully saturated rings. The Morgan fingerprint density at radius 2 is 1.69 bits per heavy atom.